The fraction of sp³-hybridized carbons (Fsp3) is 0.851. The van der Waals surface area contributed by atoms with Crippen molar-refractivity contribution in [1.29, 1.82) is 0 Å². The van der Waals surface area contributed by atoms with Gasteiger partial charge in [-0.05, 0) is 44.9 Å². The molecule has 1 heterocycles. The molecular formula is C47H87NO12S. The van der Waals surface area contributed by atoms with Gasteiger partial charge in [0.15, 0.2) is 6.29 Å². The maximum absolute atomic E-state index is 13.1. The third-order valence-electron chi connectivity index (χ3n) is 11.3. The van der Waals surface area contributed by atoms with E-state index < -0.39 is 78.5 Å². The van der Waals surface area contributed by atoms with Gasteiger partial charge in [-0.25, -0.2) is 4.18 Å². The number of ether oxygens (including phenoxy) is 2. The first-order chi connectivity index (χ1) is 29.4. The van der Waals surface area contributed by atoms with E-state index in [0.29, 0.717) is 12.8 Å². The monoisotopic (exact) mass is 890 g/mol. The van der Waals surface area contributed by atoms with Crippen LogP contribution in [0.4, 0.5) is 0 Å². The van der Waals surface area contributed by atoms with Gasteiger partial charge >= 0.3 is 10.4 Å². The van der Waals surface area contributed by atoms with E-state index in [9.17, 15) is 43.3 Å². The number of carbonyl (C=O) groups is 1. The summed E-state index contributed by atoms with van der Waals surface area (Å²) < 4.78 is 47.5. The Morgan fingerprint density at radius 2 is 1.10 bits per heavy atom. The summed E-state index contributed by atoms with van der Waals surface area (Å²) in [5.41, 5.74) is 0. The molecule has 0 bridgehead atoms. The van der Waals surface area contributed by atoms with Gasteiger partial charge in [0, 0.05) is 0 Å². The van der Waals surface area contributed by atoms with E-state index in [2.05, 4.69) is 47.7 Å². The summed E-state index contributed by atoms with van der Waals surface area (Å²) in [6.45, 7) is 3.18. The van der Waals surface area contributed by atoms with Crippen LogP contribution in [0.25, 0.3) is 0 Å². The first-order valence-electron chi connectivity index (χ1n) is 24.0. The van der Waals surface area contributed by atoms with Crippen LogP contribution in [0.5, 0.6) is 0 Å². The van der Waals surface area contributed by atoms with E-state index in [0.717, 1.165) is 44.9 Å². The highest BCUT2D eigenvalue weighted by Gasteiger charge is 2.48. The number of allylic oxidation sites excluding steroid dienone is 5. The van der Waals surface area contributed by atoms with Gasteiger partial charge in [0.25, 0.3) is 0 Å². The van der Waals surface area contributed by atoms with Gasteiger partial charge in [-0.2, -0.15) is 8.42 Å². The van der Waals surface area contributed by atoms with Crippen molar-refractivity contribution >= 4 is 16.3 Å². The summed E-state index contributed by atoms with van der Waals surface area (Å²) in [5.74, 6) is -0.715. The molecular weight excluding hydrogens is 803 g/mol. The number of aliphatic hydroxyl groups is 5. The Morgan fingerprint density at radius 1 is 0.656 bits per heavy atom. The molecule has 13 nitrogen and oxygen atoms in total. The quantitative estimate of drug-likeness (QED) is 0.0175. The summed E-state index contributed by atoms with van der Waals surface area (Å²) in [5, 5.41) is 55.2. The molecule has 358 valence electrons. The number of amides is 1. The normalized spacial score (nSPS) is 21.5. The lowest BCUT2D eigenvalue weighted by Crippen LogP contribution is -2.61. The Labute approximate surface area is 369 Å². The van der Waals surface area contributed by atoms with E-state index in [4.69, 9.17) is 9.47 Å². The van der Waals surface area contributed by atoms with Gasteiger partial charge in [-0.1, -0.05) is 185 Å². The van der Waals surface area contributed by atoms with Crippen molar-refractivity contribution in [2.45, 2.75) is 243 Å². The second kappa shape index (κ2) is 37.6. The van der Waals surface area contributed by atoms with Gasteiger partial charge in [-0.3, -0.25) is 9.35 Å². The van der Waals surface area contributed by atoms with Crippen LogP contribution >= 0.6 is 0 Å². The fourth-order valence-electron chi connectivity index (χ4n) is 7.43. The van der Waals surface area contributed by atoms with Crippen molar-refractivity contribution in [3.63, 3.8) is 0 Å². The minimum atomic E-state index is -5.12. The molecule has 14 heteroatoms. The Balaban J connectivity index is 2.59. The number of carbonyl (C=O) groups excluding carboxylic acids is 1. The zero-order valence-electron chi connectivity index (χ0n) is 37.8. The molecule has 1 aliphatic rings. The van der Waals surface area contributed by atoms with Crippen molar-refractivity contribution in [3.05, 3.63) is 36.5 Å². The lowest BCUT2D eigenvalue weighted by Gasteiger charge is -2.41. The molecule has 8 unspecified atom stereocenters. The largest absolute Gasteiger partial charge is 0.397 e. The third-order valence-corrected chi connectivity index (χ3v) is 11.7. The van der Waals surface area contributed by atoms with E-state index in [-0.39, 0.29) is 6.42 Å². The highest BCUT2D eigenvalue weighted by molar-refractivity contribution is 7.80. The Hall–Kier alpha value is -1.72. The average molecular weight is 890 g/mol. The topological polar surface area (TPSA) is 212 Å². The van der Waals surface area contributed by atoms with Crippen molar-refractivity contribution in [3.8, 4) is 0 Å². The number of hydrogen-bond donors (Lipinski definition) is 7. The first-order valence-corrected chi connectivity index (χ1v) is 25.3. The second-order valence-electron chi connectivity index (χ2n) is 16.8. The lowest BCUT2D eigenvalue weighted by atomic mass is 9.99. The van der Waals surface area contributed by atoms with Crippen molar-refractivity contribution < 1.29 is 57.0 Å². The zero-order valence-corrected chi connectivity index (χ0v) is 38.7. The molecule has 1 aliphatic heterocycles. The predicted molar refractivity (Wildman–Crippen MR) is 242 cm³/mol. The summed E-state index contributed by atoms with van der Waals surface area (Å²) in [6, 6.07) is -1.14. The van der Waals surface area contributed by atoms with Gasteiger partial charge in [0.2, 0.25) is 5.91 Å². The van der Waals surface area contributed by atoms with Crippen LogP contribution in [-0.4, -0.2) is 107 Å². The van der Waals surface area contributed by atoms with Gasteiger partial charge < -0.3 is 40.3 Å². The van der Waals surface area contributed by atoms with Crippen LogP contribution in [0.1, 0.15) is 194 Å². The van der Waals surface area contributed by atoms with Crippen molar-refractivity contribution in [2.24, 2.45) is 0 Å². The molecule has 7 N–H and O–H groups in total. The zero-order chi connectivity index (χ0) is 45.0. The first kappa shape index (κ1) is 57.3. The number of hydrogen-bond acceptors (Lipinski definition) is 11. The number of rotatable bonds is 40. The third kappa shape index (κ3) is 30.1. The highest BCUT2D eigenvalue weighted by Crippen LogP contribution is 2.26. The van der Waals surface area contributed by atoms with E-state index in [1.165, 1.54) is 122 Å². The number of unbranched alkanes of at least 4 members (excludes halogenated alkanes) is 23. The molecule has 1 amide bonds. The smallest absolute Gasteiger partial charge is 0.394 e. The molecule has 1 rings (SSSR count). The molecule has 0 aromatic carbocycles. The van der Waals surface area contributed by atoms with E-state index in [1.54, 1.807) is 6.08 Å². The number of aliphatic hydroxyl groups excluding tert-OH is 5. The summed E-state index contributed by atoms with van der Waals surface area (Å²) in [7, 11) is -5.12. The molecule has 0 spiro atoms. The SMILES string of the molecule is CCCCCCC/C=C/CC/C=C/CC/C=C/C(O)C(COC1OC(CO)C(O)C(OS(=O)(=O)O)C1O)NC(=O)C(O)CCCCCCCCCCCCCCCCCCC. The highest BCUT2D eigenvalue weighted by atomic mass is 32.3. The summed E-state index contributed by atoms with van der Waals surface area (Å²) in [4.78, 5) is 13.1. The molecule has 1 saturated heterocycles. The molecule has 0 aromatic heterocycles. The average Bonchev–Trinajstić information content (AvgIpc) is 3.23. The van der Waals surface area contributed by atoms with Crippen LogP contribution in [0.2, 0.25) is 0 Å². The molecule has 0 saturated carbocycles. The molecule has 1 fully saturated rings. The maximum Gasteiger partial charge on any atom is 0.397 e. The molecule has 0 aliphatic carbocycles. The Bertz CT molecular complexity index is 1250. The molecule has 0 aromatic rings. The van der Waals surface area contributed by atoms with Crippen LogP contribution in [0.3, 0.4) is 0 Å². The van der Waals surface area contributed by atoms with Crippen LogP contribution in [-0.2, 0) is 28.9 Å². The fourth-order valence-corrected chi connectivity index (χ4v) is 7.94. The Kier molecular flexibility index (Phi) is 35.4. The molecule has 61 heavy (non-hydrogen) atoms. The maximum atomic E-state index is 13.1. The molecule has 0 radical (unpaired) electrons. The Morgan fingerprint density at radius 3 is 1.57 bits per heavy atom. The van der Waals surface area contributed by atoms with Crippen LogP contribution in [0.15, 0.2) is 36.5 Å². The van der Waals surface area contributed by atoms with E-state index in [1.807, 2.05) is 0 Å². The number of nitrogens with one attached hydrogen (secondary N) is 1. The van der Waals surface area contributed by atoms with Gasteiger partial charge in [0.05, 0.1) is 25.4 Å². The summed E-state index contributed by atoms with van der Waals surface area (Å²) >= 11 is 0. The predicted octanol–water partition coefficient (Wildman–Crippen LogP) is 8.47. The van der Waals surface area contributed by atoms with E-state index >= 15 is 0 Å². The van der Waals surface area contributed by atoms with Gasteiger partial charge in [0.1, 0.15) is 30.5 Å². The molecule has 8 atom stereocenters. The minimum absolute atomic E-state index is 0.236. The van der Waals surface area contributed by atoms with Crippen molar-refractivity contribution in [1.82, 2.24) is 5.32 Å². The standard InChI is InChI=1S/C47H87NO12S/c1-3-5-7-9-11-13-15-17-19-20-22-24-26-28-30-32-34-36-41(51)46(54)48-39(38-58-47-44(53)45(60-61(55,56)57)43(52)42(37-49)59-47)40(50)35-33-31-29-27-25-23-21-18-16-14-12-10-8-6-4-2/h16,18,25,27,33,35,39-45,47,49-53H,3-15,17,19-24,26,28-32,34,36-38H2,1-2H3,(H,48,54)(H,55,56,57)/b18-16+,27-25+,35-33+. The second-order valence-corrected chi connectivity index (χ2v) is 17.9. The van der Waals surface area contributed by atoms with Crippen LogP contribution < -0.4 is 5.32 Å². The minimum Gasteiger partial charge on any atom is -0.394 e. The van der Waals surface area contributed by atoms with Crippen molar-refractivity contribution in [2.75, 3.05) is 13.2 Å². The lowest BCUT2D eigenvalue weighted by molar-refractivity contribution is -0.298. The van der Waals surface area contributed by atoms with Crippen LogP contribution in [0, 0.1) is 0 Å². The van der Waals surface area contributed by atoms with Gasteiger partial charge in [-0.15, -0.1) is 0 Å². The summed E-state index contributed by atoms with van der Waals surface area (Å²) in [6.07, 6.45) is 32.2.